The molecule has 0 fully saturated rings. The van der Waals surface area contributed by atoms with Crippen molar-refractivity contribution in [2.75, 3.05) is 0 Å². The van der Waals surface area contributed by atoms with Gasteiger partial charge in [0.2, 0.25) is 5.91 Å². The lowest BCUT2D eigenvalue weighted by molar-refractivity contribution is -0.118. The fraction of sp³-hybridized carbons (Fsp3) is 0.455. The fourth-order valence-corrected chi connectivity index (χ4v) is 1.82. The number of hydrogen-bond donors (Lipinski definition) is 0. The second-order valence-corrected chi connectivity index (χ2v) is 4.32. The van der Waals surface area contributed by atoms with Crippen molar-refractivity contribution in [1.29, 1.82) is 0 Å². The highest BCUT2D eigenvalue weighted by Gasteiger charge is 2.11. The Balaban J connectivity index is 2.54. The molecule has 20 heavy (non-hydrogen) atoms. The van der Waals surface area contributed by atoms with Crippen LogP contribution in [0.4, 0.5) is 0 Å². The molecule has 0 spiro atoms. The predicted molar refractivity (Wildman–Crippen MR) is 73.8 cm³/mol. The number of hydrogen-bond acceptors (Lipinski definition) is 3. The number of unbranched alkanes of at least 4 members (excludes halogenated alkanes) is 1. The standard InChI is InChI=1S/C11H12ClN7O/c12-10-6-3-5-8(15-10)9(16-18-13)4-1-2-7-11(20)17-19-14/h3,5-6,9H,1-2,4,7H2. The van der Waals surface area contributed by atoms with Crippen LogP contribution < -0.4 is 0 Å². The highest BCUT2D eigenvalue weighted by Crippen LogP contribution is 2.23. The summed E-state index contributed by atoms with van der Waals surface area (Å²) in [5.74, 6) is -0.492. The Morgan fingerprint density at radius 2 is 2.15 bits per heavy atom. The molecule has 1 atom stereocenters. The second-order valence-electron chi connectivity index (χ2n) is 3.93. The monoisotopic (exact) mass is 293 g/mol. The lowest BCUT2D eigenvalue weighted by Crippen LogP contribution is -1.99. The first-order chi connectivity index (χ1) is 9.67. The first-order valence-corrected chi connectivity index (χ1v) is 6.29. The molecule has 0 radical (unpaired) electrons. The number of azide groups is 2. The number of carbonyl (C=O) groups excluding carboxylic acids is 1. The van der Waals surface area contributed by atoms with E-state index in [1.807, 2.05) is 0 Å². The van der Waals surface area contributed by atoms with Gasteiger partial charge in [0.1, 0.15) is 5.15 Å². The normalized spacial score (nSPS) is 11.1. The Bertz CT molecular complexity index is 564. The van der Waals surface area contributed by atoms with Crippen LogP contribution in [0.1, 0.15) is 37.4 Å². The summed E-state index contributed by atoms with van der Waals surface area (Å²) in [6.07, 6.45) is 1.91. The Hall–Kier alpha value is -2.27. The first kappa shape index (κ1) is 15.8. The molecular weight excluding hydrogens is 282 g/mol. The Kier molecular flexibility index (Phi) is 6.92. The van der Waals surface area contributed by atoms with Crippen LogP contribution in [0.3, 0.4) is 0 Å². The van der Waals surface area contributed by atoms with Crippen molar-refractivity contribution in [3.8, 4) is 0 Å². The minimum absolute atomic E-state index is 0.177. The van der Waals surface area contributed by atoms with Crippen LogP contribution >= 0.6 is 11.6 Å². The van der Waals surface area contributed by atoms with E-state index in [1.54, 1.807) is 18.2 Å². The quantitative estimate of drug-likeness (QED) is 0.241. The van der Waals surface area contributed by atoms with E-state index in [0.29, 0.717) is 30.1 Å². The third-order valence-electron chi connectivity index (χ3n) is 2.54. The van der Waals surface area contributed by atoms with Gasteiger partial charge in [0.25, 0.3) is 0 Å². The van der Waals surface area contributed by atoms with E-state index in [2.05, 4.69) is 25.0 Å². The Morgan fingerprint density at radius 3 is 2.80 bits per heavy atom. The molecule has 1 heterocycles. The van der Waals surface area contributed by atoms with Gasteiger partial charge in [-0.1, -0.05) is 29.2 Å². The van der Waals surface area contributed by atoms with Crippen molar-refractivity contribution in [1.82, 2.24) is 4.98 Å². The van der Waals surface area contributed by atoms with E-state index in [4.69, 9.17) is 22.7 Å². The van der Waals surface area contributed by atoms with Crippen molar-refractivity contribution in [2.45, 2.75) is 31.7 Å². The van der Waals surface area contributed by atoms with Gasteiger partial charge in [-0.2, -0.15) is 0 Å². The van der Waals surface area contributed by atoms with Crippen LogP contribution in [0.25, 0.3) is 20.9 Å². The van der Waals surface area contributed by atoms with Crippen molar-refractivity contribution < 1.29 is 4.79 Å². The molecule has 0 saturated heterocycles. The molecule has 0 N–H and O–H groups in total. The van der Waals surface area contributed by atoms with Crippen molar-refractivity contribution >= 4 is 17.5 Å². The summed E-state index contributed by atoms with van der Waals surface area (Å²) in [6.45, 7) is 0. The van der Waals surface area contributed by atoms with Crippen LogP contribution in [-0.4, -0.2) is 10.9 Å². The molecule has 9 heteroatoms. The lowest BCUT2D eigenvalue weighted by Gasteiger charge is -2.10. The number of halogens is 1. The smallest absolute Gasteiger partial charge is 0.218 e. The van der Waals surface area contributed by atoms with Crippen molar-refractivity contribution in [2.24, 2.45) is 10.2 Å². The Labute approximate surface area is 120 Å². The third kappa shape index (κ3) is 5.58. The lowest BCUT2D eigenvalue weighted by atomic mass is 10.1. The number of carbonyl (C=O) groups is 1. The van der Waals surface area contributed by atoms with Crippen molar-refractivity contribution in [3.05, 3.63) is 49.9 Å². The summed E-state index contributed by atoms with van der Waals surface area (Å²) < 4.78 is 0. The van der Waals surface area contributed by atoms with Crippen molar-refractivity contribution in [3.63, 3.8) is 0 Å². The van der Waals surface area contributed by atoms with Crippen LogP contribution in [-0.2, 0) is 4.79 Å². The number of aromatic nitrogens is 1. The molecule has 0 aliphatic rings. The molecule has 1 aromatic heterocycles. The zero-order chi connectivity index (χ0) is 14.8. The van der Waals surface area contributed by atoms with E-state index < -0.39 is 11.9 Å². The van der Waals surface area contributed by atoms with Gasteiger partial charge in [0.15, 0.2) is 0 Å². The van der Waals surface area contributed by atoms with E-state index in [1.165, 1.54) is 0 Å². The summed E-state index contributed by atoms with van der Waals surface area (Å²) >= 11 is 5.79. The van der Waals surface area contributed by atoms with Crippen LogP contribution in [0.2, 0.25) is 5.15 Å². The molecule has 0 aliphatic heterocycles. The molecular formula is C11H12ClN7O. The fourth-order valence-electron chi connectivity index (χ4n) is 1.65. The molecule has 0 bridgehead atoms. The SMILES string of the molecule is [N-]=[N+]=NC(=O)CCCCC(N=[N+]=[N-])c1cccc(Cl)n1. The second kappa shape index (κ2) is 8.77. The predicted octanol–water partition coefficient (Wildman–Crippen LogP) is 4.48. The number of rotatable bonds is 7. The highest BCUT2D eigenvalue weighted by molar-refractivity contribution is 6.29. The van der Waals surface area contributed by atoms with Gasteiger partial charge in [-0.15, -0.1) is 0 Å². The minimum Gasteiger partial charge on any atom is -0.293 e. The van der Waals surface area contributed by atoms with Crippen LogP contribution in [0, 0.1) is 0 Å². The zero-order valence-corrected chi connectivity index (χ0v) is 11.3. The molecule has 1 amide bonds. The molecule has 0 saturated carbocycles. The molecule has 1 rings (SSSR count). The summed E-state index contributed by atoms with van der Waals surface area (Å²) in [4.78, 5) is 20.3. The number of pyridine rings is 1. The number of nitrogens with zero attached hydrogens (tertiary/aromatic N) is 7. The summed E-state index contributed by atoms with van der Waals surface area (Å²) in [6, 6.07) is 4.68. The summed E-state index contributed by atoms with van der Waals surface area (Å²) in [7, 11) is 0. The number of amides is 1. The van der Waals surface area contributed by atoms with Gasteiger partial charge < -0.3 is 0 Å². The van der Waals surface area contributed by atoms with Gasteiger partial charge >= 0.3 is 0 Å². The average Bonchev–Trinajstić information content (AvgIpc) is 2.42. The first-order valence-electron chi connectivity index (χ1n) is 5.92. The van der Waals surface area contributed by atoms with Gasteiger partial charge in [0.05, 0.1) is 11.7 Å². The zero-order valence-electron chi connectivity index (χ0n) is 10.6. The molecule has 0 aromatic carbocycles. The van der Waals surface area contributed by atoms with Gasteiger partial charge in [-0.3, -0.25) is 4.79 Å². The molecule has 104 valence electrons. The van der Waals surface area contributed by atoms with Gasteiger partial charge in [-0.05, 0) is 41.2 Å². The van der Waals surface area contributed by atoms with E-state index in [9.17, 15) is 4.79 Å². The minimum atomic E-state index is -0.492. The Morgan fingerprint density at radius 1 is 1.35 bits per heavy atom. The van der Waals surface area contributed by atoms with E-state index >= 15 is 0 Å². The maximum Gasteiger partial charge on any atom is 0.218 e. The molecule has 1 unspecified atom stereocenters. The average molecular weight is 294 g/mol. The van der Waals surface area contributed by atoms with Gasteiger partial charge in [-0.25, -0.2) is 4.98 Å². The molecule has 1 aromatic rings. The maximum atomic E-state index is 11.0. The summed E-state index contributed by atoms with van der Waals surface area (Å²) in [5, 5.41) is 6.99. The third-order valence-corrected chi connectivity index (χ3v) is 2.75. The largest absolute Gasteiger partial charge is 0.293 e. The molecule has 0 aliphatic carbocycles. The maximum absolute atomic E-state index is 11.0. The highest BCUT2D eigenvalue weighted by atomic mass is 35.5. The van der Waals surface area contributed by atoms with E-state index in [0.717, 1.165) is 0 Å². The van der Waals surface area contributed by atoms with E-state index in [-0.39, 0.29) is 6.42 Å². The summed E-state index contributed by atoms with van der Waals surface area (Å²) in [5.41, 5.74) is 17.3. The van der Waals surface area contributed by atoms with Gasteiger partial charge in [0, 0.05) is 16.2 Å². The van der Waals surface area contributed by atoms with Crippen LogP contribution in [0.15, 0.2) is 28.4 Å². The topological polar surface area (TPSA) is 127 Å². The molecule has 8 nitrogen and oxygen atoms in total. The van der Waals surface area contributed by atoms with Crippen LogP contribution in [0.5, 0.6) is 0 Å².